The maximum absolute atomic E-state index is 12.7. The summed E-state index contributed by atoms with van der Waals surface area (Å²) in [6, 6.07) is 16.5. The van der Waals surface area contributed by atoms with Crippen LogP contribution in [0.2, 0.25) is 0 Å². The average Bonchev–Trinajstić information content (AvgIpc) is 2.72. The van der Waals surface area contributed by atoms with Crippen molar-refractivity contribution in [1.82, 2.24) is 16.0 Å². The number of nitrogens with one attached hydrogen (secondary N) is 3. The fraction of sp³-hybridized carbons (Fsp3) is 0.273. The van der Waals surface area contributed by atoms with E-state index in [-0.39, 0.29) is 25.3 Å². The second kappa shape index (κ2) is 11.4. The molecule has 0 fully saturated rings. The summed E-state index contributed by atoms with van der Waals surface area (Å²) < 4.78 is 0. The van der Waals surface area contributed by atoms with Crippen LogP contribution in [-0.2, 0) is 20.8 Å². The smallest absolute Gasteiger partial charge is 0.251 e. The van der Waals surface area contributed by atoms with E-state index in [0.717, 1.165) is 5.56 Å². The lowest BCUT2D eigenvalue weighted by Crippen LogP contribution is -2.50. The maximum Gasteiger partial charge on any atom is 0.251 e. The van der Waals surface area contributed by atoms with Gasteiger partial charge in [-0.2, -0.15) is 0 Å². The molecule has 2 aromatic carbocycles. The average molecular weight is 410 g/mol. The topological polar surface area (TPSA) is 130 Å². The van der Waals surface area contributed by atoms with E-state index in [4.69, 9.17) is 5.73 Å². The molecule has 0 radical (unpaired) electrons. The monoisotopic (exact) mass is 410 g/mol. The molecule has 0 spiro atoms. The van der Waals surface area contributed by atoms with Crippen LogP contribution in [0.1, 0.15) is 29.3 Å². The molecule has 8 nitrogen and oxygen atoms in total. The first-order chi connectivity index (χ1) is 14.3. The highest BCUT2D eigenvalue weighted by molar-refractivity contribution is 5.98. The van der Waals surface area contributed by atoms with E-state index < -0.39 is 29.8 Å². The summed E-state index contributed by atoms with van der Waals surface area (Å²) in [6.07, 6.45) is 0.272. The third kappa shape index (κ3) is 7.75. The van der Waals surface area contributed by atoms with Crippen molar-refractivity contribution in [2.45, 2.75) is 31.8 Å². The van der Waals surface area contributed by atoms with Crippen LogP contribution in [-0.4, -0.2) is 42.3 Å². The summed E-state index contributed by atoms with van der Waals surface area (Å²) in [5.74, 6) is -1.85. The number of hydrogen-bond donors (Lipinski definition) is 4. The molecule has 0 aliphatic heterocycles. The molecule has 158 valence electrons. The van der Waals surface area contributed by atoms with Gasteiger partial charge in [0.2, 0.25) is 17.7 Å². The van der Waals surface area contributed by atoms with Crippen molar-refractivity contribution in [3.05, 3.63) is 71.8 Å². The molecule has 0 unspecified atom stereocenters. The largest absolute Gasteiger partial charge is 0.370 e. The molecule has 0 saturated heterocycles. The molecule has 5 N–H and O–H groups in total. The molecule has 4 amide bonds. The second-order valence-electron chi connectivity index (χ2n) is 6.94. The number of nitrogens with two attached hydrogens (primary N) is 1. The van der Waals surface area contributed by atoms with Crippen molar-refractivity contribution in [2.24, 2.45) is 5.73 Å². The Morgan fingerprint density at radius 2 is 1.50 bits per heavy atom. The Hall–Kier alpha value is -3.68. The van der Waals surface area contributed by atoms with Crippen LogP contribution in [0.5, 0.6) is 0 Å². The van der Waals surface area contributed by atoms with Crippen LogP contribution < -0.4 is 21.7 Å². The van der Waals surface area contributed by atoms with Gasteiger partial charge in [0.1, 0.15) is 6.04 Å². The first kappa shape index (κ1) is 22.6. The molecular formula is C22H26N4O4. The minimum Gasteiger partial charge on any atom is -0.370 e. The van der Waals surface area contributed by atoms with Gasteiger partial charge >= 0.3 is 0 Å². The molecule has 30 heavy (non-hydrogen) atoms. The van der Waals surface area contributed by atoms with E-state index in [1.165, 1.54) is 0 Å². The molecule has 0 heterocycles. The van der Waals surface area contributed by atoms with Gasteiger partial charge in [-0.25, -0.2) is 0 Å². The first-order valence-corrected chi connectivity index (χ1v) is 9.60. The van der Waals surface area contributed by atoms with Gasteiger partial charge in [0.15, 0.2) is 0 Å². The van der Waals surface area contributed by atoms with Crippen LogP contribution in [0.4, 0.5) is 0 Å². The molecule has 0 aliphatic carbocycles. The van der Waals surface area contributed by atoms with E-state index in [0.29, 0.717) is 5.56 Å². The lowest BCUT2D eigenvalue weighted by atomic mass is 10.0. The van der Waals surface area contributed by atoms with Crippen molar-refractivity contribution in [1.29, 1.82) is 0 Å². The third-order valence-corrected chi connectivity index (χ3v) is 4.28. The summed E-state index contributed by atoms with van der Waals surface area (Å²) in [5, 5.41) is 7.84. The summed E-state index contributed by atoms with van der Waals surface area (Å²) >= 11 is 0. The highest BCUT2D eigenvalue weighted by atomic mass is 16.2. The van der Waals surface area contributed by atoms with E-state index in [1.54, 1.807) is 37.3 Å². The lowest BCUT2D eigenvalue weighted by Gasteiger charge is -2.19. The predicted octanol–water partition coefficient (Wildman–Crippen LogP) is 0.524. The summed E-state index contributed by atoms with van der Waals surface area (Å²) in [6.45, 7) is 1.36. The van der Waals surface area contributed by atoms with Gasteiger partial charge in [-0.3, -0.25) is 19.2 Å². The Morgan fingerprint density at radius 1 is 0.900 bits per heavy atom. The zero-order chi connectivity index (χ0) is 21.9. The number of primary amides is 1. The van der Waals surface area contributed by atoms with E-state index in [2.05, 4.69) is 16.0 Å². The van der Waals surface area contributed by atoms with Crippen LogP contribution >= 0.6 is 0 Å². The number of carbonyl (C=O) groups excluding carboxylic acids is 4. The molecule has 0 aliphatic rings. The quantitative estimate of drug-likeness (QED) is 0.455. The Balaban J connectivity index is 2.00. The standard InChI is InChI=1S/C22H26N4O4/c1-15(12-19(23)27)25-20(28)14-24-22(30)18(13-16-8-4-2-5-9-16)26-21(29)17-10-6-3-7-11-17/h2-11,15,18H,12-14H2,1H3,(H2,23,27)(H,24,30)(H,25,28)(H,26,29)/t15-,18+/m1/s1. The predicted molar refractivity (Wildman–Crippen MR) is 112 cm³/mol. The Morgan fingerprint density at radius 3 is 2.10 bits per heavy atom. The van der Waals surface area contributed by atoms with Crippen molar-refractivity contribution >= 4 is 23.6 Å². The molecule has 0 bridgehead atoms. The number of carbonyl (C=O) groups is 4. The van der Waals surface area contributed by atoms with Crippen molar-refractivity contribution in [2.75, 3.05) is 6.54 Å². The van der Waals surface area contributed by atoms with Crippen molar-refractivity contribution < 1.29 is 19.2 Å². The van der Waals surface area contributed by atoms with Crippen LogP contribution in [0.25, 0.3) is 0 Å². The lowest BCUT2D eigenvalue weighted by molar-refractivity contribution is -0.127. The molecule has 8 heteroatoms. The Kier molecular flexibility index (Phi) is 8.56. The Bertz CT molecular complexity index is 871. The Labute approximate surface area is 175 Å². The van der Waals surface area contributed by atoms with E-state index in [1.807, 2.05) is 30.3 Å². The van der Waals surface area contributed by atoms with Gasteiger partial charge in [0.05, 0.1) is 6.54 Å². The van der Waals surface area contributed by atoms with Gasteiger partial charge in [-0.1, -0.05) is 48.5 Å². The SMILES string of the molecule is C[C@H](CC(N)=O)NC(=O)CNC(=O)[C@H](Cc1ccccc1)NC(=O)c1ccccc1. The molecular weight excluding hydrogens is 384 g/mol. The number of rotatable bonds is 10. The highest BCUT2D eigenvalue weighted by Gasteiger charge is 2.22. The van der Waals surface area contributed by atoms with E-state index >= 15 is 0 Å². The van der Waals surface area contributed by atoms with Gasteiger partial charge in [-0.15, -0.1) is 0 Å². The van der Waals surface area contributed by atoms with Crippen LogP contribution in [0.15, 0.2) is 60.7 Å². The van der Waals surface area contributed by atoms with E-state index in [9.17, 15) is 19.2 Å². The number of benzene rings is 2. The minimum absolute atomic E-state index is 0.00342. The van der Waals surface area contributed by atoms with Gasteiger partial charge in [0.25, 0.3) is 5.91 Å². The zero-order valence-electron chi connectivity index (χ0n) is 16.8. The molecule has 0 aromatic heterocycles. The molecule has 2 atom stereocenters. The fourth-order valence-corrected chi connectivity index (χ4v) is 2.86. The van der Waals surface area contributed by atoms with Crippen LogP contribution in [0, 0.1) is 0 Å². The second-order valence-corrected chi connectivity index (χ2v) is 6.94. The first-order valence-electron chi connectivity index (χ1n) is 9.60. The minimum atomic E-state index is -0.865. The molecule has 2 rings (SSSR count). The summed E-state index contributed by atoms with van der Waals surface area (Å²) in [4.78, 5) is 48.1. The van der Waals surface area contributed by atoms with Gasteiger partial charge in [0, 0.05) is 24.4 Å². The fourth-order valence-electron chi connectivity index (χ4n) is 2.86. The summed E-state index contributed by atoms with van der Waals surface area (Å²) in [5.41, 5.74) is 6.40. The van der Waals surface area contributed by atoms with Gasteiger partial charge < -0.3 is 21.7 Å². The van der Waals surface area contributed by atoms with Gasteiger partial charge in [-0.05, 0) is 24.6 Å². The maximum atomic E-state index is 12.7. The number of amides is 4. The van der Waals surface area contributed by atoms with Crippen LogP contribution in [0.3, 0.4) is 0 Å². The number of hydrogen-bond acceptors (Lipinski definition) is 4. The molecule has 0 saturated carbocycles. The van der Waals surface area contributed by atoms with Crippen molar-refractivity contribution in [3.63, 3.8) is 0 Å². The van der Waals surface area contributed by atoms with Crippen molar-refractivity contribution in [3.8, 4) is 0 Å². The normalized spacial score (nSPS) is 12.3. The summed E-state index contributed by atoms with van der Waals surface area (Å²) in [7, 11) is 0. The molecule has 2 aromatic rings. The zero-order valence-corrected chi connectivity index (χ0v) is 16.8. The highest BCUT2D eigenvalue weighted by Crippen LogP contribution is 2.06. The third-order valence-electron chi connectivity index (χ3n) is 4.28.